The first kappa shape index (κ1) is 15.0. The molecule has 1 aliphatic rings. The summed E-state index contributed by atoms with van der Waals surface area (Å²) >= 11 is 1.43. The van der Waals surface area contributed by atoms with Crippen molar-refractivity contribution in [3.05, 3.63) is 22.4 Å². The van der Waals surface area contributed by atoms with E-state index in [4.69, 9.17) is 0 Å². The second-order valence-electron chi connectivity index (χ2n) is 4.93. The van der Waals surface area contributed by atoms with Crippen LogP contribution in [-0.2, 0) is 4.79 Å². The van der Waals surface area contributed by atoms with Gasteiger partial charge in [0, 0.05) is 25.6 Å². The maximum atomic E-state index is 11.6. The minimum absolute atomic E-state index is 0.0403. The van der Waals surface area contributed by atoms with Crippen molar-refractivity contribution in [1.82, 2.24) is 16.0 Å². The van der Waals surface area contributed by atoms with Gasteiger partial charge in [-0.3, -0.25) is 9.59 Å². The van der Waals surface area contributed by atoms with Crippen molar-refractivity contribution in [2.75, 3.05) is 19.6 Å². The van der Waals surface area contributed by atoms with Crippen LogP contribution in [0.3, 0.4) is 0 Å². The minimum atomic E-state index is -0.0403. The fourth-order valence-corrected chi connectivity index (χ4v) is 2.88. The standard InChI is InChI=1S/C14H21N3O2S/c18-13(10-11-4-1-6-15-11)16-7-3-8-17-14(19)12-5-2-9-20-12/h2,5,9,11,15H,1,3-4,6-8,10H2,(H,16,18)(H,17,19). The second kappa shape index (κ2) is 8.01. The Hall–Kier alpha value is -1.40. The SMILES string of the molecule is O=C(CC1CCCN1)NCCCNC(=O)c1cccs1. The molecule has 0 spiro atoms. The van der Waals surface area contributed by atoms with Crippen LogP contribution in [0.1, 0.15) is 35.4 Å². The van der Waals surface area contributed by atoms with Gasteiger partial charge < -0.3 is 16.0 Å². The molecule has 20 heavy (non-hydrogen) atoms. The highest BCUT2D eigenvalue weighted by Gasteiger charge is 2.17. The number of nitrogens with one attached hydrogen (secondary N) is 3. The molecule has 1 unspecified atom stereocenters. The molecule has 0 aliphatic carbocycles. The van der Waals surface area contributed by atoms with Crippen molar-refractivity contribution in [3.63, 3.8) is 0 Å². The van der Waals surface area contributed by atoms with Gasteiger partial charge in [0.05, 0.1) is 4.88 Å². The van der Waals surface area contributed by atoms with Crippen LogP contribution in [0.2, 0.25) is 0 Å². The van der Waals surface area contributed by atoms with Crippen molar-refractivity contribution in [3.8, 4) is 0 Å². The Labute approximate surface area is 123 Å². The molecule has 1 fully saturated rings. The Balaban J connectivity index is 1.50. The third kappa shape index (κ3) is 4.94. The summed E-state index contributed by atoms with van der Waals surface area (Å²) in [7, 11) is 0. The van der Waals surface area contributed by atoms with Crippen LogP contribution in [0.4, 0.5) is 0 Å². The summed E-state index contributed by atoms with van der Waals surface area (Å²) in [6.07, 6.45) is 3.56. The quantitative estimate of drug-likeness (QED) is 0.660. The molecule has 1 aromatic heterocycles. The van der Waals surface area contributed by atoms with Crippen molar-refractivity contribution < 1.29 is 9.59 Å². The number of thiophene rings is 1. The predicted molar refractivity (Wildman–Crippen MR) is 79.9 cm³/mol. The van der Waals surface area contributed by atoms with Crippen LogP contribution in [0.5, 0.6) is 0 Å². The predicted octanol–water partition coefficient (Wildman–Crippen LogP) is 1.13. The fourth-order valence-electron chi connectivity index (χ4n) is 2.24. The smallest absolute Gasteiger partial charge is 0.261 e. The molecule has 1 saturated heterocycles. The average Bonchev–Trinajstić information content (AvgIpc) is 3.10. The van der Waals surface area contributed by atoms with E-state index in [1.165, 1.54) is 11.3 Å². The highest BCUT2D eigenvalue weighted by Crippen LogP contribution is 2.08. The largest absolute Gasteiger partial charge is 0.356 e. The molecule has 6 heteroatoms. The number of carbonyl (C=O) groups excluding carboxylic acids is 2. The zero-order valence-electron chi connectivity index (χ0n) is 11.5. The second-order valence-corrected chi connectivity index (χ2v) is 5.88. The van der Waals surface area contributed by atoms with Gasteiger partial charge in [-0.2, -0.15) is 0 Å². The highest BCUT2D eigenvalue weighted by molar-refractivity contribution is 7.12. The third-order valence-electron chi connectivity index (χ3n) is 3.30. The fraction of sp³-hybridized carbons (Fsp3) is 0.571. The molecule has 0 aromatic carbocycles. The Bertz CT molecular complexity index is 428. The lowest BCUT2D eigenvalue weighted by Gasteiger charge is -2.10. The Morgan fingerprint density at radius 1 is 1.35 bits per heavy atom. The molecule has 2 rings (SSSR count). The van der Waals surface area contributed by atoms with E-state index in [9.17, 15) is 9.59 Å². The van der Waals surface area contributed by atoms with Crippen molar-refractivity contribution in [2.24, 2.45) is 0 Å². The third-order valence-corrected chi connectivity index (χ3v) is 4.17. The van der Waals surface area contributed by atoms with Crippen LogP contribution >= 0.6 is 11.3 Å². The van der Waals surface area contributed by atoms with E-state index >= 15 is 0 Å². The van der Waals surface area contributed by atoms with Crippen LogP contribution in [0, 0.1) is 0 Å². The van der Waals surface area contributed by atoms with Crippen molar-refractivity contribution in [1.29, 1.82) is 0 Å². The van der Waals surface area contributed by atoms with E-state index in [0.717, 1.165) is 30.7 Å². The Morgan fingerprint density at radius 3 is 2.90 bits per heavy atom. The number of hydrogen-bond donors (Lipinski definition) is 3. The zero-order chi connectivity index (χ0) is 14.2. The van der Waals surface area contributed by atoms with Gasteiger partial charge in [0.15, 0.2) is 0 Å². The molecule has 1 aliphatic heterocycles. The monoisotopic (exact) mass is 295 g/mol. The Kier molecular flexibility index (Phi) is 6.01. The summed E-state index contributed by atoms with van der Waals surface area (Å²) in [5, 5.41) is 10.9. The van der Waals surface area contributed by atoms with Crippen LogP contribution in [0.25, 0.3) is 0 Å². The van der Waals surface area contributed by atoms with E-state index in [1.807, 2.05) is 11.4 Å². The van der Waals surface area contributed by atoms with Crippen LogP contribution in [0.15, 0.2) is 17.5 Å². The number of amides is 2. The summed E-state index contributed by atoms with van der Waals surface area (Å²) in [6.45, 7) is 2.21. The van der Waals surface area contributed by atoms with E-state index in [2.05, 4.69) is 16.0 Å². The van der Waals surface area contributed by atoms with Gasteiger partial charge >= 0.3 is 0 Å². The van der Waals surface area contributed by atoms with Gasteiger partial charge in [0.2, 0.25) is 5.91 Å². The van der Waals surface area contributed by atoms with Crippen molar-refractivity contribution in [2.45, 2.75) is 31.7 Å². The first-order chi connectivity index (χ1) is 9.75. The van der Waals surface area contributed by atoms with Gasteiger partial charge in [-0.1, -0.05) is 6.07 Å². The first-order valence-corrected chi connectivity index (χ1v) is 7.95. The van der Waals surface area contributed by atoms with Gasteiger partial charge in [-0.05, 0) is 37.3 Å². The topological polar surface area (TPSA) is 70.2 Å². The van der Waals surface area contributed by atoms with E-state index in [-0.39, 0.29) is 11.8 Å². The van der Waals surface area contributed by atoms with Gasteiger partial charge in [0.1, 0.15) is 0 Å². The average molecular weight is 295 g/mol. The molecular weight excluding hydrogens is 274 g/mol. The summed E-state index contributed by atoms with van der Waals surface area (Å²) in [6, 6.07) is 4.00. The molecule has 1 aromatic rings. The van der Waals surface area contributed by atoms with Gasteiger partial charge in [-0.25, -0.2) is 0 Å². The molecular formula is C14H21N3O2S. The van der Waals surface area contributed by atoms with Crippen LogP contribution < -0.4 is 16.0 Å². The number of hydrogen-bond acceptors (Lipinski definition) is 4. The van der Waals surface area contributed by atoms with E-state index < -0.39 is 0 Å². The molecule has 1 atom stereocenters. The molecule has 2 heterocycles. The summed E-state index contributed by atoms with van der Waals surface area (Å²) < 4.78 is 0. The summed E-state index contributed by atoms with van der Waals surface area (Å²) in [5.41, 5.74) is 0. The molecule has 0 radical (unpaired) electrons. The Morgan fingerprint density at radius 2 is 2.20 bits per heavy atom. The minimum Gasteiger partial charge on any atom is -0.356 e. The number of carbonyl (C=O) groups is 2. The van der Waals surface area contributed by atoms with E-state index in [0.29, 0.717) is 25.6 Å². The highest BCUT2D eigenvalue weighted by atomic mass is 32.1. The normalized spacial score (nSPS) is 17.9. The van der Waals surface area contributed by atoms with Gasteiger partial charge in [-0.15, -0.1) is 11.3 Å². The van der Waals surface area contributed by atoms with E-state index in [1.54, 1.807) is 6.07 Å². The zero-order valence-corrected chi connectivity index (χ0v) is 12.3. The molecule has 3 N–H and O–H groups in total. The van der Waals surface area contributed by atoms with Crippen molar-refractivity contribution >= 4 is 23.2 Å². The molecule has 110 valence electrons. The molecule has 0 bridgehead atoms. The van der Waals surface area contributed by atoms with Gasteiger partial charge in [0.25, 0.3) is 5.91 Å². The molecule has 2 amide bonds. The van der Waals surface area contributed by atoms with Crippen LogP contribution in [-0.4, -0.2) is 37.5 Å². The molecule has 5 nitrogen and oxygen atoms in total. The number of rotatable bonds is 7. The maximum Gasteiger partial charge on any atom is 0.261 e. The summed E-state index contributed by atoms with van der Waals surface area (Å²) in [4.78, 5) is 24.0. The lowest BCUT2D eigenvalue weighted by atomic mass is 10.1. The first-order valence-electron chi connectivity index (χ1n) is 7.07. The lowest BCUT2D eigenvalue weighted by Crippen LogP contribution is -2.33. The summed E-state index contributed by atoms with van der Waals surface area (Å²) in [5.74, 6) is 0.0514. The maximum absolute atomic E-state index is 11.6. The lowest BCUT2D eigenvalue weighted by molar-refractivity contribution is -0.121. The molecule has 0 saturated carbocycles.